The number of ether oxygens (including phenoxy) is 1. The Hall–Kier alpha value is -1.38. The molecule has 0 aromatic carbocycles. The molecule has 3 saturated carbocycles. The number of carbonyl (C=O) groups is 1. The first-order chi connectivity index (χ1) is 13.2. The highest BCUT2D eigenvalue weighted by Gasteiger charge is 2.84. The number of nitrogens with zero attached hydrogens (tertiary/aromatic N) is 1. The molecule has 0 aromatic rings. The van der Waals surface area contributed by atoms with E-state index in [9.17, 15) is 20.3 Å². The first kappa shape index (κ1) is 19.9. The summed E-state index contributed by atoms with van der Waals surface area (Å²) in [6.45, 7) is 8.55. The normalized spacial score (nSPS) is 47.0. The van der Waals surface area contributed by atoms with Crippen molar-refractivity contribution in [1.29, 1.82) is 5.26 Å². The van der Waals surface area contributed by atoms with Gasteiger partial charge in [-0.1, -0.05) is 38.8 Å². The van der Waals surface area contributed by atoms with Crippen molar-refractivity contribution < 1.29 is 19.7 Å². The van der Waals surface area contributed by atoms with Crippen LogP contribution in [0.2, 0.25) is 0 Å². The lowest BCUT2D eigenvalue weighted by molar-refractivity contribution is -0.180. The number of hydrogen-bond acceptors (Lipinski definition) is 4. The van der Waals surface area contributed by atoms with Gasteiger partial charge in [-0.05, 0) is 55.8 Å². The van der Waals surface area contributed by atoms with E-state index in [0.29, 0.717) is 24.9 Å². The lowest BCUT2D eigenvalue weighted by atomic mass is 9.43. The Balaban J connectivity index is 1.91. The molecule has 0 radical (unpaired) electrons. The molecule has 0 amide bonds. The zero-order chi connectivity index (χ0) is 20.5. The molecule has 3 fully saturated rings. The number of nitriles is 1. The van der Waals surface area contributed by atoms with Crippen LogP contribution in [0.5, 0.6) is 0 Å². The highest BCUT2D eigenvalue weighted by Crippen LogP contribution is 2.83. The SMILES string of the molecule is CC(C)C1=C[C@H]2C[C@]3(C#N)[C@@H]4CC[C@@H](C)[C@H]4C[C@@]2(COC[C@@H](C)O)[C@]13C(=O)O. The molecule has 4 aliphatic rings. The van der Waals surface area contributed by atoms with Crippen molar-refractivity contribution in [1.82, 2.24) is 0 Å². The molecule has 4 aliphatic carbocycles. The summed E-state index contributed by atoms with van der Waals surface area (Å²) in [5, 5.41) is 31.0. The smallest absolute Gasteiger partial charge is 0.316 e. The first-order valence-electron chi connectivity index (χ1n) is 10.8. The highest BCUT2D eigenvalue weighted by atomic mass is 16.5. The van der Waals surface area contributed by atoms with E-state index in [2.05, 4.69) is 32.9 Å². The van der Waals surface area contributed by atoms with E-state index in [1.165, 1.54) is 0 Å². The van der Waals surface area contributed by atoms with Gasteiger partial charge in [0.1, 0.15) is 5.41 Å². The second-order valence-corrected chi connectivity index (χ2v) is 10.3. The predicted molar refractivity (Wildman–Crippen MR) is 104 cm³/mol. The van der Waals surface area contributed by atoms with Gasteiger partial charge in [0.15, 0.2) is 0 Å². The van der Waals surface area contributed by atoms with Gasteiger partial charge in [0.05, 0.1) is 30.8 Å². The monoisotopic (exact) mass is 387 g/mol. The number of aliphatic hydroxyl groups is 1. The summed E-state index contributed by atoms with van der Waals surface area (Å²) in [6.07, 6.45) is 5.08. The van der Waals surface area contributed by atoms with Crippen molar-refractivity contribution in [3.8, 4) is 6.07 Å². The van der Waals surface area contributed by atoms with Crippen LogP contribution < -0.4 is 0 Å². The van der Waals surface area contributed by atoms with Crippen molar-refractivity contribution >= 4 is 5.97 Å². The summed E-state index contributed by atoms with van der Waals surface area (Å²) in [5.41, 5.74) is -1.66. The lowest BCUT2D eigenvalue weighted by Gasteiger charge is -2.57. The van der Waals surface area contributed by atoms with E-state index in [-0.39, 0.29) is 24.4 Å². The molecule has 154 valence electrons. The maximum absolute atomic E-state index is 13.1. The fraction of sp³-hybridized carbons (Fsp3) is 0.826. The van der Waals surface area contributed by atoms with Crippen LogP contribution in [0.1, 0.15) is 53.4 Å². The quantitative estimate of drug-likeness (QED) is 0.679. The summed E-state index contributed by atoms with van der Waals surface area (Å²) in [5.74, 6) is 0.355. The van der Waals surface area contributed by atoms with Crippen LogP contribution in [0.15, 0.2) is 11.6 Å². The molecule has 28 heavy (non-hydrogen) atoms. The van der Waals surface area contributed by atoms with E-state index in [0.717, 1.165) is 24.8 Å². The second kappa shape index (κ2) is 6.31. The summed E-state index contributed by atoms with van der Waals surface area (Å²) in [4.78, 5) is 13.1. The number of aliphatic hydroxyl groups excluding tert-OH is 1. The van der Waals surface area contributed by atoms with Gasteiger partial charge in [-0.25, -0.2) is 0 Å². The van der Waals surface area contributed by atoms with Crippen molar-refractivity contribution in [2.75, 3.05) is 13.2 Å². The van der Waals surface area contributed by atoms with E-state index in [4.69, 9.17) is 4.74 Å². The van der Waals surface area contributed by atoms with Gasteiger partial charge in [-0.2, -0.15) is 5.26 Å². The highest BCUT2D eigenvalue weighted by molar-refractivity contribution is 5.85. The van der Waals surface area contributed by atoms with Gasteiger partial charge in [0.25, 0.3) is 0 Å². The molecule has 0 saturated heterocycles. The second-order valence-electron chi connectivity index (χ2n) is 10.3. The molecule has 2 N–H and O–H groups in total. The molecule has 0 heterocycles. The van der Waals surface area contributed by atoms with Gasteiger partial charge in [-0.15, -0.1) is 0 Å². The molecule has 0 aromatic heterocycles. The van der Waals surface area contributed by atoms with Crippen molar-refractivity contribution in [3.05, 3.63) is 11.6 Å². The first-order valence-corrected chi connectivity index (χ1v) is 10.8. The number of aliphatic carboxylic acids is 1. The standard InChI is InChI=1S/C23H33NO4/c1-13(2)19-7-16-8-21(11-24)18-6-5-14(3)17(18)9-22(16,12-28-10-15(4)25)23(19,21)20(26)27/h7,13-18,25H,5-6,8-10,12H2,1-4H3,(H,26,27)/t14-,15-,16+,17-,18-,21+,22+,23+/m1/s1. The predicted octanol–water partition coefficient (Wildman–Crippen LogP) is 3.63. The molecule has 0 unspecified atom stereocenters. The van der Waals surface area contributed by atoms with Crippen LogP contribution in [-0.2, 0) is 9.53 Å². The van der Waals surface area contributed by atoms with Gasteiger partial charge in [0.2, 0.25) is 0 Å². The molecule has 8 atom stereocenters. The molecular formula is C23H33NO4. The Kier molecular flexibility index (Phi) is 4.49. The fourth-order valence-electron chi connectivity index (χ4n) is 7.95. The Morgan fingerprint density at radius 2 is 2.07 bits per heavy atom. The van der Waals surface area contributed by atoms with Crippen molar-refractivity contribution in [2.24, 2.45) is 45.8 Å². The van der Waals surface area contributed by atoms with Gasteiger partial charge in [-0.3, -0.25) is 4.79 Å². The molecule has 4 bridgehead atoms. The van der Waals surface area contributed by atoms with Crippen LogP contribution in [0.4, 0.5) is 0 Å². The van der Waals surface area contributed by atoms with E-state index in [1.807, 2.05) is 0 Å². The molecule has 5 nitrogen and oxygen atoms in total. The number of carboxylic acids is 1. The molecular weight excluding hydrogens is 354 g/mol. The number of allylic oxidation sites excluding steroid dienone is 1. The Bertz CT molecular complexity index is 752. The van der Waals surface area contributed by atoms with Gasteiger partial charge in [0, 0.05) is 5.41 Å². The molecule has 0 spiro atoms. The summed E-state index contributed by atoms with van der Waals surface area (Å²) in [6, 6.07) is 2.64. The van der Waals surface area contributed by atoms with Gasteiger partial charge >= 0.3 is 5.97 Å². The average Bonchev–Trinajstić information content (AvgIpc) is 3.18. The van der Waals surface area contributed by atoms with E-state index < -0.39 is 28.3 Å². The van der Waals surface area contributed by atoms with Crippen LogP contribution in [0, 0.1) is 57.2 Å². The molecule has 0 aliphatic heterocycles. The Labute approximate surface area is 167 Å². The average molecular weight is 388 g/mol. The number of hydrogen-bond donors (Lipinski definition) is 2. The largest absolute Gasteiger partial charge is 0.481 e. The molecule has 5 heteroatoms. The minimum Gasteiger partial charge on any atom is -0.481 e. The van der Waals surface area contributed by atoms with Crippen LogP contribution >= 0.6 is 0 Å². The summed E-state index contributed by atoms with van der Waals surface area (Å²) < 4.78 is 5.96. The minimum absolute atomic E-state index is 0.0625. The summed E-state index contributed by atoms with van der Waals surface area (Å²) >= 11 is 0. The maximum atomic E-state index is 13.1. The third kappa shape index (κ3) is 2.06. The Morgan fingerprint density at radius 3 is 2.64 bits per heavy atom. The van der Waals surface area contributed by atoms with Crippen LogP contribution in [0.25, 0.3) is 0 Å². The topological polar surface area (TPSA) is 90.5 Å². The zero-order valence-corrected chi connectivity index (χ0v) is 17.4. The van der Waals surface area contributed by atoms with Gasteiger partial charge < -0.3 is 14.9 Å². The minimum atomic E-state index is -1.17. The number of carboxylic acid groups (broad SMARTS) is 1. The Morgan fingerprint density at radius 1 is 1.36 bits per heavy atom. The number of rotatable bonds is 6. The van der Waals surface area contributed by atoms with Crippen LogP contribution in [-0.4, -0.2) is 35.5 Å². The van der Waals surface area contributed by atoms with Crippen molar-refractivity contribution in [3.63, 3.8) is 0 Å². The van der Waals surface area contributed by atoms with E-state index in [1.54, 1.807) is 6.92 Å². The lowest BCUT2D eigenvalue weighted by Crippen LogP contribution is -2.62. The van der Waals surface area contributed by atoms with Crippen LogP contribution in [0.3, 0.4) is 0 Å². The third-order valence-electron chi connectivity index (χ3n) is 8.76. The molecule has 4 rings (SSSR count). The summed E-state index contributed by atoms with van der Waals surface area (Å²) in [7, 11) is 0. The van der Waals surface area contributed by atoms with Crippen molar-refractivity contribution in [2.45, 2.75) is 59.5 Å². The fourth-order valence-corrected chi connectivity index (χ4v) is 7.95. The number of fused-ring (bicyclic) bond motifs is 2. The zero-order valence-electron chi connectivity index (χ0n) is 17.4. The third-order valence-corrected chi connectivity index (χ3v) is 8.76. The maximum Gasteiger partial charge on any atom is 0.316 e. The van der Waals surface area contributed by atoms with E-state index >= 15 is 0 Å².